The molecule has 1 aromatic carbocycles. The van der Waals surface area contributed by atoms with Crippen molar-refractivity contribution in [2.45, 2.75) is 38.8 Å². The van der Waals surface area contributed by atoms with Crippen LogP contribution in [0.15, 0.2) is 42.7 Å². The molecule has 1 heterocycles. The van der Waals surface area contributed by atoms with Gasteiger partial charge >= 0.3 is 0 Å². The minimum absolute atomic E-state index is 0.490. The van der Waals surface area contributed by atoms with Gasteiger partial charge < -0.3 is 9.80 Å². The Morgan fingerprint density at radius 2 is 1.82 bits per heavy atom. The van der Waals surface area contributed by atoms with E-state index in [9.17, 15) is 0 Å². The number of rotatable bonds is 5. The third-order valence-electron chi connectivity index (χ3n) is 3.37. The molecule has 0 aromatic heterocycles. The fourth-order valence-electron chi connectivity index (χ4n) is 2.35. The number of para-hydroxylation sites is 1. The van der Waals surface area contributed by atoms with Gasteiger partial charge in [0.1, 0.15) is 6.17 Å². The van der Waals surface area contributed by atoms with E-state index in [1.54, 1.807) is 0 Å². The number of unbranched alkanes of at least 4 members (excludes halogenated alkanes) is 2. The number of hydrogen-bond acceptors (Lipinski definition) is 2. The summed E-state index contributed by atoms with van der Waals surface area (Å²) in [7, 11) is 2.16. The lowest BCUT2D eigenvalue weighted by atomic mass is 10.1. The molecule has 0 radical (unpaired) electrons. The largest absolute Gasteiger partial charge is 0.359 e. The van der Waals surface area contributed by atoms with Gasteiger partial charge in [0.25, 0.3) is 0 Å². The van der Waals surface area contributed by atoms with Gasteiger partial charge in [0.05, 0.1) is 0 Å². The number of nitrogens with zero attached hydrogens (tertiary/aromatic N) is 2. The molecule has 0 bridgehead atoms. The van der Waals surface area contributed by atoms with Crippen LogP contribution >= 0.6 is 0 Å². The molecule has 0 spiro atoms. The first-order valence-corrected chi connectivity index (χ1v) is 6.56. The van der Waals surface area contributed by atoms with Crippen LogP contribution in [0.4, 0.5) is 5.69 Å². The molecule has 0 amide bonds. The molecule has 2 nitrogen and oxygen atoms in total. The van der Waals surface area contributed by atoms with Crippen molar-refractivity contribution in [3.8, 4) is 0 Å². The summed E-state index contributed by atoms with van der Waals surface area (Å²) >= 11 is 0. The smallest absolute Gasteiger partial charge is 0.105 e. The fraction of sp³-hybridized carbons (Fsp3) is 0.467. The summed E-state index contributed by atoms with van der Waals surface area (Å²) in [6, 6.07) is 10.6. The Balaban J connectivity index is 2.03. The van der Waals surface area contributed by atoms with Gasteiger partial charge in [0, 0.05) is 25.1 Å². The van der Waals surface area contributed by atoms with Crippen LogP contribution in [0.1, 0.15) is 32.6 Å². The van der Waals surface area contributed by atoms with Gasteiger partial charge in [0.15, 0.2) is 0 Å². The van der Waals surface area contributed by atoms with E-state index in [2.05, 4.69) is 66.5 Å². The summed E-state index contributed by atoms with van der Waals surface area (Å²) in [6.07, 6.45) is 9.99. The van der Waals surface area contributed by atoms with Crippen LogP contribution in [0.3, 0.4) is 0 Å². The van der Waals surface area contributed by atoms with Crippen LogP contribution in [0.25, 0.3) is 0 Å². The zero-order valence-electron chi connectivity index (χ0n) is 10.8. The van der Waals surface area contributed by atoms with Gasteiger partial charge in [-0.1, -0.05) is 38.0 Å². The van der Waals surface area contributed by atoms with E-state index in [4.69, 9.17) is 0 Å². The van der Waals surface area contributed by atoms with Crippen molar-refractivity contribution >= 4 is 5.69 Å². The second-order valence-electron chi connectivity index (χ2n) is 4.68. The van der Waals surface area contributed by atoms with E-state index >= 15 is 0 Å². The molecule has 0 fully saturated rings. The third kappa shape index (κ3) is 2.82. The molecule has 0 saturated carbocycles. The highest BCUT2D eigenvalue weighted by Crippen LogP contribution is 2.26. The van der Waals surface area contributed by atoms with Crippen molar-refractivity contribution in [1.82, 2.24) is 4.90 Å². The summed E-state index contributed by atoms with van der Waals surface area (Å²) in [6.45, 7) is 2.26. The van der Waals surface area contributed by atoms with Crippen molar-refractivity contribution < 1.29 is 0 Å². The Morgan fingerprint density at radius 3 is 2.53 bits per heavy atom. The minimum atomic E-state index is 0.490. The maximum atomic E-state index is 2.37. The van der Waals surface area contributed by atoms with E-state index in [0.29, 0.717) is 6.17 Å². The maximum absolute atomic E-state index is 2.37. The van der Waals surface area contributed by atoms with Gasteiger partial charge in [-0.25, -0.2) is 0 Å². The standard InChI is InChI=1S/C15H22N2/c1-3-4-6-11-15-16(2)12-13-17(15)14-9-7-5-8-10-14/h5,7-10,12-13,15H,3-4,6,11H2,1-2H3. The van der Waals surface area contributed by atoms with Crippen molar-refractivity contribution in [1.29, 1.82) is 0 Å². The average Bonchev–Trinajstić information content (AvgIpc) is 2.73. The van der Waals surface area contributed by atoms with Crippen LogP contribution < -0.4 is 4.90 Å². The van der Waals surface area contributed by atoms with E-state index < -0.39 is 0 Å². The van der Waals surface area contributed by atoms with Gasteiger partial charge in [0.2, 0.25) is 0 Å². The molecule has 1 aliphatic heterocycles. The second-order valence-corrected chi connectivity index (χ2v) is 4.68. The minimum Gasteiger partial charge on any atom is -0.359 e. The van der Waals surface area contributed by atoms with E-state index in [1.165, 1.54) is 31.4 Å². The highest BCUT2D eigenvalue weighted by Gasteiger charge is 2.23. The monoisotopic (exact) mass is 230 g/mol. The van der Waals surface area contributed by atoms with Crippen LogP contribution in [0.2, 0.25) is 0 Å². The van der Waals surface area contributed by atoms with Gasteiger partial charge in [-0.15, -0.1) is 0 Å². The van der Waals surface area contributed by atoms with Crippen molar-refractivity contribution in [2.75, 3.05) is 11.9 Å². The molecule has 0 aliphatic carbocycles. The summed E-state index contributed by atoms with van der Waals surface area (Å²) in [5.41, 5.74) is 1.29. The van der Waals surface area contributed by atoms with Gasteiger partial charge in [-0.2, -0.15) is 0 Å². The molecule has 0 N–H and O–H groups in total. The Morgan fingerprint density at radius 1 is 1.06 bits per heavy atom. The third-order valence-corrected chi connectivity index (χ3v) is 3.37. The lowest BCUT2D eigenvalue weighted by molar-refractivity contribution is 0.330. The second kappa shape index (κ2) is 5.76. The van der Waals surface area contributed by atoms with Gasteiger partial charge in [-0.05, 0) is 25.0 Å². The molecule has 17 heavy (non-hydrogen) atoms. The first-order chi connectivity index (χ1) is 8.33. The molecule has 1 aliphatic rings. The first-order valence-electron chi connectivity index (χ1n) is 6.56. The molecular formula is C15H22N2. The highest BCUT2D eigenvalue weighted by atomic mass is 15.4. The molecule has 92 valence electrons. The van der Waals surface area contributed by atoms with Gasteiger partial charge in [-0.3, -0.25) is 0 Å². The lowest BCUT2D eigenvalue weighted by Gasteiger charge is -2.30. The van der Waals surface area contributed by atoms with Crippen molar-refractivity contribution in [2.24, 2.45) is 0 Å². The molecule has 0 saturated heterocycles. The van der Waals surface area contributed by atoms with Crippen LogP contribution in [0.5, 0.6) is 0 Å². The van der Waals surface area contributed by atoms with E-state index in [1.807, 2.05) is 0 Å². The molecule has 1 atom stereocenters. The number of anilines is 1. The predicted octanol–water partition coefficient (Wildman–Crippen LogP) is 3.82. The van der Waals surface area contributed by atoms with Crippen LogP contribution in [0, 0.1) is 0 Å². The highest BCUT2D eigenvalue weighted by molar-refractivity contribution is 5.51. The molecule has 2 rings (SSSR count). The quantitative estimate of drug-likeness (QED) is 0.710. The van der Waals surface area contributed by atoms with Crippen LogP contribution in [-0.2, 0) is 0 Å². The molecular weight excluding hydrogens is 208 g/mol. The number of benzene rings is 1. The topological polar surface area (TPSA) is 6.48 Å². The summed E-state index contributed by atoms with van der Waals surface area (Å²) in [4.78, 5) is 4.68. The van der Waals surface area contributed by atoms with Crippen LogP contribution in [-0.4, -0.2) is 18.1 Å². The number of hydrogen-bond donors (Lipinski definition) is 0. The SMILES string of the molecule is CCCCCC1N(C)C=CN1c1ccccc1. The average molecular weight is 230 g/mol. The van der Waals surface area contributed by atoms with E-state index in [0.717, 1.165) is 0 Å². The zero-order chi connectivity index (χ0) is 12.1. The first kappa shape index (κ1) is 12.0. The zero-order valence-corrected chi connectivity index (χ0v) is 10.8. The Hall–Kier alpha value is -1.44. The predicted molar refractivity (Wildman–Crippen MR) is 73.8 cm³/mol. The fourth-order valence-corrected chi connectivity index (χ4v) is 2.35. The normalized spacial score (nSPS) is 19.1. The van der Waals surface area contributed by atoms with Crippen molar-refractivity contribution in [3.63, 3.8) is 0 Å². The van der Waals surface area contributed by atoms with E-state index in [-0.39, 0.29) is 0 Å². The summed E-state index contributed by atoms with van der Waals surface area (Å²) < 4.78 is 0. The Bertz CT molecular complexity index is 358. The molecule has 2 heteroatoms. The maximum Gasteiger partial charge on any atom is 0.105 e. The molecule has 1 aromatic rings. The summed E-state index contributed by atoms with van der Waals surface area (Å²) in [5, 5.41) is 0. The Labute approximate surface area is 105 Å². The molecule has 1 unspecified atom stereocenters. The van der Waals surface area contributed by atoms with Crippen molar-refractivity contribution in [3.05, 3.63) is 42.7 Å². The summed E-state index contributed by atoms with van der Waals surface area (Å²) in [5.74, 6) is 0. The Kier molecular flexibility index (Phi) is 4.08. The lowest BCUT2D eigenvalue weighted by Crippen LogP contribution is -2.36.